The van der Waals surface area contributed by atoms with Gasteiger partial charge in [-0.05, 0) is 48.7 Å². The molecule has 0 amide bonds. The lowest BCUT2D eigenvalue weighted by Crippen LogP contribution is -1.93. The highest BCUT2D eigenvalue weighted by Gasteiger charge is 2.16. The third-order valence-corrected chi connectivity index (χ3v) is 5.79. The Morgan fingerprint density at radius 3 is 2.41 bits per heavy atom. The highest BCUT2D eigenvalue weighted by atomic mass is 79.9. The van der Waals surface area contributed by atoms with E-state index < -0.39 is 0 Å². The fourth-order valence-corrected chi connectivity index (χ4v) is 3.95. The molecule has 0 aliphatic carbocycles. The molecule has 1 atom stereocenters. The van der Waals surface area contributed by atoms with Gasteiger partial charge >= 0.3 is 0 Å². The van der Waals surface area contributed by atoms with Crippen molar-refractivity contribution in [2.45, 2.75) is 18.7 Å². The maximum Gasteiger partial charge on any atom is 0.0960 e. The summed E-state index contributed by atoms with van der Waals surface area (Å²) in [5, 5.41) is 0.759. The van der Waals surface area contributed by atoms with E-state index in [2.05, 4.69) is 28.9 Å². The molecule has 1 aromatic carbocycles. The van der Waals surface area contributed by atoms with Gasteiger partial charge in [0, 0.05) is 9.90 Å². The van der Waals surface area contributed by atoms with Crippen LogP contribution >= 0.6 is 50.5 Å². The number of aryl methyl sites for hydroxylation is 2. The number of benzene rings is 1. The van der Waals surface area contributed by atoms with Crippen LogP contribution in [0.5, 0.6) is 0 Å². The second kappa shape index (κ2) is 5.31. The van der Waals surface area contributed by atoms with Crippen LogP contribution in [-0.4, -0.2) is 0 Å². The molecule has 0 saturated carbocycles. The van der Waals surface area contributed by atoms with Gasteiger partial charge in [-0.3, -0.25) is 0 Å². The van der Waals surface area contributed by atoms with Gasteiger partial charge in [0.1, 0.15) is 0 Å². The molecule has 0 fully saturated rings. The van der Waals surface area contributed by atoms with Crippen LogP contribution in [-0.2, 0) is 0 Å². The molecule has 1 unspecified atom stereocenters. The maximum atomic E-state index is 6.10. The lowest BCUT2D eigenvalue weighted by molar-refractivity contribution is 1.18. The number of alkyl halides is 1. The molecular formula is C13H11BrCl2S. The smallest absolute Gasteiger partial charge is 0.0960 e. The predicted molar refractivity (Wildman–Crippen MR) is 81.0 cm³/mol. The van der Waals surface area contributed by atoms with Gasteiger partial charge in [-0.1, -0.05) is 45.2 Å². The van der Waals surface area contributed by atoms with Crippen molar-refractivity contribution in [3.63, 3.8) is 0 Å². The average Bonchev–Trinajstić information content (AvgIpc) is 2.62. The molecule has 4 heteroatoms. The van der Waals surface area contributed by atoms with Gasteiger partial charge in [0.05, 0.1) is 9.16 Å². The topological polar surface area (TPSA) is 0 Å². The number of hydrogen-bond donors (Lipinski definition) is 0. The van der Waals surface area contributed by atoms with Crippen molar-refractivity contribution in [1.29, 1.82) is 0 Å². The molecule has 0 aliphatic rings. The lowest BCUT2D eigenvalue weighted by Gasteiger charge is -2.11. The number of rotatable bonds is 2. The zero-order chi connectivity index (χ0) is 12.6. The van der Waals surface area contributed by atoms with E-state index in [4.69, 9.17) is 23.2 Å². The predicted octanol–water partition coefficient (Wildman–Crippen LogP) is 6.16. The van der Waals surface area contributed by atoms with Crippen molar-refractivity contribution < 1.29 is 0 Å². The standard InChI is InChI=1S/C13H11BrCl2S/c1-7-3-4-9(15)6-10(7)12(14)11-5-8(2)13(16)17-11/h3-6,12H,1-2H3. The minimum Gasteiger partial charge on any atom is -0.127 e. The molecule has 0 aliphatic heterocycles. The Balaban J connectivity index is 2.42. The Hall–Kier alpha value is -0.0200. The molecule has 90 valence electrons. The quantitative estimate of drug-likeness (QED) is 0.570. The molecule has 17 heavy (non-hydrogen) atoms. The lowest BCUT2D eigenvalue weighted by atomic mass is 10.0. The van der Waals surface area contributed by atoms with Crippen LogP contribution < -0.4 is 0 Å². The van der Waals surface area contributed by atoms with E-state index in [1.807, 2.05) is 25.1 Å². The second-order valence-corrected chi connectivity index (χ2v) is 7.01. The van der Waals surface area contributed by atoms with Gasteiger partial charge in [-0.25, -0.2) is 0 Å². The summed E-state index contributed by atoms with van der Waals surface area (Å²) >= 11 is 17.5. The SMILES string of the molecule is Cc1ccc(Cl)cc1C(Br)c1cc(C)c(Cl)s1. The first-order valence-electron chi connectivity index (χ1n) is 5.15. The summed E-state index contributed by atoms with van der Waals surface area (Å²) in [4.78, 5) is 1.36. The third kappa shape index (κ3) is 2.87. The molecule has 1 aromatic heterocycles. The van der Waals surface area contributed by atoms with E-state index in [1.54, 1.807) is 11.3 Å². The monoisotopic (exact) mass is 348 g/mol. The fourth-order valence-electron chi connectivity index (χ4n) is 1.65. The van der Waals surface area contributed by atoms with Crippen LogP contribution in [0.25, 0.3) is 0 Å². The second-order valence-electron chi connectivity index (χ2n) is 3.97. The highest BCUT2D eigenvalue weighted by molar-refractivity contribution is 9.09. The van der Waals surface area contributed by atoms with Crippen LogP contribution in [0.1, 0.15) is 26.4 Å². The molecule has 0 spiro atoms. The van der Waals surface area contributed by atoms with Crippen molar-refractivity contribution in [2.24, 2.45) is 0 Å². The first-order chi connectivity index (χ1) is 7.99. The van der Waals surface area contributed by atoms with Gasteiger partial charge in [0.15, 0.2) is 0 Å². The van der Waals surface area contributed by atoms with Gasteiger partial charge in [0.25, 0.3) is 0 Å². The molecule has 0 saturated heterocycles. The zero-order valence-corrected chi connectivity index (χ0v) is 13.3. The van der Waals surface area contributed by atoms with Crippen molar-refractivity contribution >= 4 is 50.5 Å². The Kier molecular flexibility index (Phi) is 4.19. The first-order valence-corrected chi connectivity index (χ1v) is 7.64. The van der Waals surface area contributed by atoms with Crippen molar-refractivity contribution in [3.05, 3.63) is 55.2 Å². The molecule has 2 aromatic rings. The van der Waals surface area contributed by atoms with Crippen LogP contribution in [0.3, 0.4) is 0 Å². The van der Waals surface area contributed by atoms with Crippen LogP contribution in [0, 0.1) is 13.8 Å². The van der Waals surface area contributed by atoms with E-state index in [0.717, 1.165) is 14.9 Å². The summed E-state index contributed by atoms with van der Waals surface area (Å²) in [6.45, 7) is 4.11. The molecule has 0 N–H and O–H groups in total. The number of hydrogen-bond acceptors (Lipinski definition) is 1. The highest BCUT2D eigenvalue weighted by Crippen LogP contribution is 2.40. The van der Waals surface area contributed by atoms with Crippen LogP contribution in [0.2, 0.25) is 9.36 Å². The molecule has 0 nitrogen and oxygen atoms in total. The summed E-state index contributed by atoms with van der Waals surface area (Å²) in [5.74, 6) is 0. The van der Waals surface area contributed by atoms with Gasteiger partial charge in [-0.2, -0.15) is 0 Å². The van der Waals surface area contributed by atoms with Crippen LogP contribution in [0.15, 0.2) is 24.3 Å². The van der Waals surface area contributed by atoms with Crippen molar-refractivity contribution in [2.75, 3.05) is 0 Å². The summed E-state index contributed by atoms with van der Waals surface area (Å²) in [6, 6.07) is 8.06. The van der Waals surface area contributed by atoms with E-state index in [1.165, 1.54) is 16.0 Å². The maximum absolute atomic E-state index is 6.10. The summed E-state index contributed by atoms with van der Waals surface area (Å²) in [5.41, 5.74) is 3.53. The Bertz CT molecular complexity index is 529. The van der Waals surface area contributed by atoms with Crippen molar-refractivity contribution in [3.8, 4) is 0 Å². The molecule has 0 bridgehead atoms. The first kappa shape index (κ1) is 13.4. The van der Waals surface area contributed by atoms with Crippen molar-refractivity contribution in [1.82, 2.24) is 0 Å². The molecule has 0 radical (unpaired) electrons. The Labute approximate surface area is 124 Å². The number of halogens is 3. The van der Waals surface area contributed by atoms with Gasteiger partial charge in [-0.15, -0.1) is 11.3 Å². The van der Waals surface area contributed by atoms with Gasteiger partial charge < -0.3 is 0 Å². The number of thiophene rings is 1. The van der Waals surface area contributed by atoms with E-state index in [9.17, 15) is 0 Å². The van der Waals surface area contributed by atoms with E-state index in [-0.39, 0.29) is 4.83 Å². The van der Waals surface area contributed by atoms with E-state index >= 15 is 0 Å². The minimum absolute atomic E-state index is 0.150. The Morgan fingerprint density at radius 1 is 1.12 bits per heavy atom. The fraction of sp³-hybridized carbons (Fsp3) is 0.231. The normalized spacial score (nSPS) is 12.8. The van der Waals surface area contributed by atoms with Crippen LogP contribution in [0.4, 0.5) is 0 Å². The summed E-state index contributed by atoms with van der Waals surface area (Å²) in [7, 11) is 0. The summed E-state index contributed by atoms with van der Waals surface area (Å²) < 4.78 is 0.851. The molecule has 1 heterocycles. The third-order valence-electron chi connectivity index (χ3n) is 2.64. The summed E-state index contributed by atoms with van der Waals surface area (Å²) in [6.07, 6.45) is 0. The van der Waals surface area contributed by atoms with E-state index in [0.29, 0.717) is 0 Å². The molecule has 2 rings (SSSR count). The zero-order valence-electron chi connectivity index (χ0n) is 9.43. The Morgan fingerprint density at radius 2 is 1.82 bits per heavy atom. The minimum atomic E-state index is 0.150. The average molecular weight is 350 g/mol. The largest absolute Gasteiger partial charge is 0.127 e. The van der Waals surface area contributed by atoms with Gasteiger partial charge in [0.2, 0.25) is 0 Å². The molecular weight excluding hydrogens is 339 g/mol.